The molecule has 4 heteroatoms. The minimum absolute atomic E-state index is 0.0118. The Bertz CT molecular complexity index is 1080. The Hall–Kier alpha value is -3.14. The minimum Gasteiger partial charge on any atom is -0.354 e. The lowest BCUT2D eigenvalue weighted by atomic mass is 10.00. The number of carbonyl (C=O) groups is 2. The van der Waals surface area contributed by atoms with E-state index in [1.807, 2.05) is 56.3 Å². The van der Waals surface area contributed by atoms with Crippen molar-refractivity contribution >= 4 is 22.6 Å². The molecule has 0 saturated heterocycles. The van der Waals surface area contributed by atoms with Gasteiger partial charge in [-0.25, -0.2) is 0 Å². The van der Waals surface area contributed by atoms with Gasteiger partial charge in [0.05, 0.1) is 0 Å². The second kappa shape index (κ2) is 11.6. The number of rotatable bonds is 10. The van der Waals surface area contributed by atoms with Gasteiger partial charge in [-0.3, -0.25) is 9.59 Å². The maximum absolute atomic E-state index is 13.6. The number of nitrogens with one attached hydrogen (secondary N) is 1. The van der Waals surface area contributed by atoms with E-state index in [1.54, 1.807) is 4.90 Å². The van der Waals surface area contributed by atoms with Crippen LogP contribution in [-0.4, -0.2) is 29.3 Å². The first-order chi connectivity index (χ1) is 15.9. The van der Waals surface area contributed by atoms with E-state index in [4.69, 9.17) is 0 Å². The smallest absolute Gasteiger partial charge is 0.242 e. The number of hydrogen-bond acceptors (Lipinski definition) is 2. The summed E-state index contributed by atoms with van der Waals surface area (Å²) in [5, 5.41) is 5.39. The van der Waals surface area contributed by atoms with Crippen molar-refractivity contribution in [2.24, 2.45) is 5.92 Å². The van der Waals surface area contributed by atoms with Crippen LogP contribution in [0.25, 0.3) is 10.8 Å². The van der Waals surface area contributed by atoms with Gasteiger partial charge in [0.25, 0.3) is 0 Å². The molecule has 0 radical (unpaired) electrons. The lowest BCUT2D eigenvalue weighted by Gasteiger charge is -2.31. The molecular formula is C29H36N2O2. The van der Waals surface area contributed by atoms with E-state index in [0.717, 1.165) is 16.7 Å². The molecule has 3 aromatic rings. The normalized spacial score (nSPS) is 12.0. The van der Waals surface area contributed by atoms with Gasteiger partial charge in [0, 0.05) is 19.5 Å². The number of carbonyl (C=O) groups excluding carboxylic acids is 2. The molecule has 4 nitrogen and oxygen atoms in total. The lowest BCUT2D eigenvalue weighted by Crippen LogP contribution is -2.49. The van der Waals surface area contributed by atoms with Crippen LogP contribution >= 0.6 is 0 Å². The van der Waals surface area contributed by atoms with Crippen LogP contribution in [0.5, 0.6) is 0 Å². The Morgan fingerprint density at radius 1 is 0.909 bits per heavy atom. The number of amides is 2. The molecule has 0 saturated carbocycles. The molecule has 0 aliphatic heterocycles. The zero-order valence-electron chi connectivity index (χ0n) is 20.3. The minimum atomic E-state index is -0.483. The monoisotopic (exact) mass is 444 g/mol. The summed E-state index contributed by atoms with van der Waals surface area (Å²) in [6, 6.07) is 22.1. The van der Waals surface area contributed by atoms with Crippen molar-refractivity contribution in [3.05, 3.63) is 83.4 Å². The number of hydrogen-bond donors (Lipinski definition) is 1. The number of benzene rings is 3. The van der Waals surface area contributed by atoms with E-state index in [0.29, 0.717) is 38.3 Å². The van der Waals surface area contributed by atoms with E-state index in [1.165, 1.54) is 10.8 Å². The fraction of sp³-hybridized carbons (Fsp3) is 0.379. The molecule has 0 aromatic heterocycles. The first-order valence-electron chi connectivity index (χ1n) is 12.0. The van der Waals surface area contributed by atoms with Gasteiger partial charge in [-0.1, -0.05) is 87.5 Å². The van der Waals surface area contributed by atoms with Crippen molar-refractivity contribution in [1.29, 1.82) is 0 Å². The fourth-order valence-electron chi connectivity index (χ4n) is 4.21. The molecule has 0 fully saturated rings. The molecule has 0 aliphatic carbocycles. The molecule has 0 aliphatic rings. The summed E-state index contributed by atoms with van der Waals surface area (Å²) in [6.07, 6.45) is 1.60. The number of aryl methyl sites for hydroxylation is 2. The Labute approximate surface area is 198 Å². The standard InChI is InChI=1S/C29H36N2O2/c1-5-27(29(33)30-19-21(2)3)31(20-25-13-7-6-11-22(25)4)28(32)18-17-24-15-10-14-23-12-8-9-16-26(23)24/h6-16,21,27H,5,17-20H2,1-4H3,(H,30,33)/t27-/m1/s1. The van der Waals surface area contributed by atoms with Gasteiger partial charge < -0.3 is 10.2 Å². The highest BCUT2D eigenvalue weighted by atomic mass is 16.2. The van der Waals surface area contributed by atoms with E-state index >= 15 is 0 Å². The summed E-state index contributed by atoms with van der Waals surface area (Å²) in [4.78, 5) is 28.4. The molecule has 0 unspecified atom stereocenters. The van der Waals surface area contributed by atoms with Crippen LogP contribution in [0.2, 0.25) is 0 Å². The van der Waals surface area contributed by atoms with Crippen molar-refractivity contribution < 1.29 is 9.59 Å². The zero-order valence-corrected chi connectivity index (χ0v) is 20.3. The second-order valence-corrected chi connectivity index (χ2v) is 9.15. The van der Waals surface area contributed by atoms with E-state index in [-0.39, 0.29) is 11.8 Å². The summed E-state index contributed by atoms with van der Waals surface area (Å²) in [5.41, 5.74) is 3.36. The predicted molar refractivity (Wildman–Crippen MR) is 136 cm³/mol. The fourth-order valence-corrected chi connectivity index (χ4v) is 4.21. The summed E-state index contributed by atoms with van der Waals surface area (Å²) < 4.78 is 0. The van der Waals surface area contributed by atoms with Crippen LogP contribution in [0, 0.1) is 12.8 Å². The van der Waals surface area contributed by atoms with Crippen molar-refractivity contribution in [2.45, 2.75) is 59.5 Å². The summed E-state index contributed by atoms with van der Waals surface area (Å²) in [6.45, 7) is 9.21. The zero-order chi connectivity index (χ0) is 23.8. The highest BCUT2D eigenvalue weighted by Gasteiger charge is 2.28. The van der Waals surface area contributed by atoms with Gasteiger partial charge in [0.2, 0.25) is 11.8 Å². The molecule has 0 bridgehead atoms. The topological polar surface area (TPSA) is 49.4 Å². The third-order valence-corrected chi connectivity index (χ3v) is 6.16. The molecular weight excluding hydrogens is 408 g/mol. The van der Waals surface area contributed by atoms with Crippen molar-refractivity contribution in [3.8, 4) is 0 Å². The van der Waals surface area contributed by atoms with Crippen LogP contribution in [0.15, 0.2) is 66.7 Å². The van der Waals surface area contributed by atoms with Crippen molar-refractivity contribution in [1.82, 2.24) is 10.2 Å². The molecule has 0 spiro atoms. The first kappa shape index (κ1) is 24.5. The molecule has 33 heavy (non-hydrogen) atoms. The summed E-state index contributed by atoms with van der Waals surface area (Å²) in [5.74, 6) is 0.300. The molecule has 2 amide bonds. The molecule has 3 aromatic carbocycles. The van der Waals surface area contributed by atoms with Gasteiger partial charge in [0.1, 0.15) is 6.04 Å². The molecule has 0 heterocycles. The summed E-state index contributed by atoms with van der Waals surface area (Å²) in [7, 11) is 0. The Morgan fingerprint density at radius 3 is 2.30 bits per heavy atom. The third kappa shape index (κ3) is 6.44. The van der Waals surface area contributed by atoms with Crippen molar-refractivity contribution in [2.75, 3.05) is 6.54 Å². The average Bonchev–Trinajstić information content (AvgIpc) is 2.82. The highest BCUT2D eigenvalue weighted by molar-refractivity contribution is 5.89. The molecule has 1 N–H and O–H groups in total. The second-order valence-electron chi connectivity index (χ2n) is 9.15. The van der Waals surface area contributed by atoms with Gasteiger partial charge in [-0.15, -0.1) is 0 Å². The average molecular weight is 445 g/mol. The summed E-state index contributed by atoms with van der Waals surface area (Å²) >= 11 is 0. The quantitative estimate of drug-likeness (QED) is 0.439. The van der Waals surface area contributed by atoms with Gasteiger partial charge in [0.15, 0.2) is 0 Å². The van der Waals surface area contributed by atoms with Crippen molar-refractivity contribution in [3.63, 3.8) is 0 Å². The predicted octanol–water partition coefficient (Wildman–Crippen LogP) is 5.66. The van der Waals surface area contributed by atoms with Gasteiger partial charge in [-0.2, -0.15) is 0 Å². The molecule has 1 atom stereocenters. The molecule has 174 valence electrons. The maximum atomic E-state index is 13.6. The number of nitrogens with zero attached hydrogens (tertiary/aromatic N) is 1. The maximum Gasteiger partial charge on any atom is 0.242 e. The Balaban J connectivity index is 1.83. The molecule has 3 rings (SSSR count). The van der Waals surface area contributed by atoms with Crippen LogP contribution < -0.4 is 5.32 Å². The van der Waals surface area contributed by atoms with Gasteiger partial charge >= 0.3 is 0 Å². The van der Waals surface area contributed by atoms with Crippen LogP contribution in [0.3, 0.4) is 0 Å². The first-order valence-corrected chi connectivity index (χ1v) is 12.0. The van der Waals surface area contributed by atoms with Crippen LogP contribution in [0.1, 0.15) is 50.3 Å². The van der Waals surface area contributed by atoms with E-state index in [9.17, 15) is 9.59 Å². The van der Waals surface area contributed by atoms with Crippen LogP contribution in [-0.2, 0) is 22.6 Å². The van der Waals surface area contributed by atoms with E-state index in [2.05, 4.69) is 43.4 Å². The Morgan fingerprint density at radius 2 is 1.58 bits per heavy atom. The SMILES string of the molecule is CC[C@H](C(=O)NCC(C)C)N(Cc1ccccc1C)C(=O)CCc1cccc2ccccc12. The third-order valence-electron chi connectivity index (χ3n) is 6.16. The van der Waals surface area contributed by atoms with Gasteiger partial charge in [-0.05, 0) is 53.1 Å². The highest BCUT2D eigenvalue weighted by Crippen LogP contribution is 2.22. The van der Waals surface area contributed by atoms with Crippen LogP contribution in [0.4, 0.5) is 0 Å². The lowest BCUT2D eigenvalue weighted by molar-refractivity contribution is -0.141. The van der Waals surface area contributed by atoms with E-state index < -0.39 is 6.04 Å². The Kier molecular flexibility index (Phi) is 8.65. The largest absolute Gasteiger partial charge is 0.354 e. The number of fused-ring (bicyclic) bond motifs is 1.